The Bertz CT molecular complexity index is 1250. The summed E-state index contributed by atoms with van der Waals surface area (Å²) in [5.41, 5.74) is 5.12. The van der Waals surface area contributed by atoms with Crippen LogP contribution in [-0.2, 0) is 11.3 Å². The lowest BCUT2D eigenvalue weighted by atomic mass is 9.79. The van der Waals surface area contributed by atoms with Gasteiger partial charge in [-0.3, -0.25) is 14.7 Å². The quantitative estimate of drug-likeness (QED) is 0.428. The van der Waals surface area contributed by atoms with E-state index >= 15 is 0 Å². The minimum absolute atomic E-state index is 0.0763. The topological polar surface area (TPSA) is 105 Å². The minimum Gasteiger partial charge on any atom is -0.339 e. The van der Waals surface area contributed by atoms with Crippen LogP contribution in [0.1, 0.15) is 61.4 Å². The van der Waals surface area contributed by atoms with Crippen molar-refractivity contribution in [2.75, 3.05) is 5.32 Å². The Morgan fingerprint density at radius 3 is 2.50 bits per heavy atom. The molecule has 0 unspecified atom stereocenters. The van der Waals surface area contributed by atoms with Crippen molar-refractivity contribution >= 4 is 17.5 Å². The van der Waals surface area contributed by atoms with Gasteiger partial charge in [-0.2, -0.15) is 10.2 Å². The Morgan fingerprint density at radius 1 is 1.14 bits per heavy atom. The predicted octanol–water partition coefficient (Wildman–Crippen LogP) is 4.48. The van der Waals surface area contributed by atoms with E-state index in [1.165, 1.54) is 0 Å². The molecule has 3 aromatic rings. The number of anilines is 1. The Labute approximate surface area is 212 Å². The number of amides is 2. The highest BCUT2D eigenvalue weighted by atomic mass is 16.2. The molecule has 0 saturated heterocycles. The molecule has 0 spiro atoms. The first-order valence-corrected chi connectivity index (χ1v) is 12.5. The molecule has 1 aliphatic carbocycles. The highest BCUT2D eigenvalue weighted by molar-refractivity contribution is 6.00. The number of aromatic amines is 1. The van der Waals surface area contributed by atoms with E-state index in [0.29, 0.717) is 23.8 Å². The van der Waals surface area contributed by atoms with Crippen LogP contribution in [0.4, 0.5) is 5.69 Å². The van der Waals surface area contributed by atoms with Crippen molar-refractivity contribution in [2.24, 2.45) is 11.8 Å². The van der Waals surface area contributed by atoms with Crippen molar-refractivity contribution in [3.05, 3.63) is 53.6 Å². The number of hydrogen-bond donors (Lipinski definition) is 3. The highest BCUT2D eigenvalue weighted by Gasteiger charge is 2.33. The van der Waals surface area contributed by atoms with Gasteiger partial charge < -0.3 is 10.6 Å². The summed E-state index contributed by atoms with van der Waals surface area (Å²) in [6, 6.07) is 8.75. The largest absolute Gasteiger partial charge is 0.339 e. The van der Waals surface area contributed by atoms with Crippen molar-refractivity contribution in [3.63, 3.8) is 0 Å². The Kier molecular flexibility index (Phi) is 7.89. The fourth-order valence-electron chi connectivity index (χ4n) is 4.95. The highest BCUT2D eigenvalue weighted by Crippen LogP contribution is 2.31. The van der Waals surface area contributed by atoms with Crippen molar-refractivity contribution < 1.29 is 9.59 Å². The first-order chi connectivity index (χ1) is 17.4. The Morgan fingerprint density at radius 2 is 1.86 bits per heavy atom. The zero-order chi connectivity index (χ0) is 25.7. The second-order valence-corrected chi connectivity index (χ2v) is 9.65. The van der Waals surface area contributed by atoms with Gasteiger partial charge in [-0.05, 0) is 69.2 Å². The number of hydrogen-bond acceptors (Lipinski definition) is 4. The number of aryl methyl sites for hydroxylation is 2. The fraction of sp³-hybridized carbons (Fsp3) is 0.429. The maximum Gasteiger partial charge on any atom is 0.270 e. The molecule has 1 aromatic carbocycles. The maximum atomic E-state index is 13.5. The number of carbonyl (C=O) groups excluding carboxylic acids is 2. The van der Waals surface area contributed by atoms with Gasteiger partial charge in [0.1, 0.15) is 18.3 Å². The van der Waals surface area contributed by atoms with Crippen LogP contribution in [-0.4, -0.2) is 37.8 Å². The van der Waals surface area contributed by atoms with Crippen LogP contribution in [0.5, 0.6) is 0 Å². The number of carbonyl (C=O) groups is 2. The molecule has 1 aliphatic rings. The van der Waals surface area contributed by atoms with Crippen molar-refractivity contribution in [2.45, 2.75) is 66.0 Å². The van der Waals surface area contributed by atoms with Crippen molar-refractivity contribution in [3.8, 4) is 23.0 Å². The van der Waals surface area contributed by atoms with Gasteiger partial charge in [0.2, 0.25) is 5.91 Å². The zero-order valence-electron chi connectivity index (χ0n) is 21.4. The van der Waals surface area contributed by atoms with Crippen LogP contribution in [0.2, 0.25) is 0 Å². The smallest absolute Gasteiger partial charge is 0.270 e. The van der Waals surface area contributed by atoms with E-state index in [4.69, 9.17) is 0 Å². The molecule has 36 heavy (non-hydrogen) atoms. The molecular weight excluding hydrogens is 452 g/mol. The molecule has 1 saturated carbocycles. The van der Waals surface area contributed by atoms with Gasteiger partial charge in [-0.25, -0.2) is 4.68 Å². The molecule has 8 nitrogen and oxygen atoms in total. The fourth-order valence-corrected chi connectivity index (χ4v) is 4.95. The van der Waals surface area contributed by atoms with Gasteiger partial charge in [0.15, 0.2) is 0 Å². The van der Waals surface area contributed by atoms with Crippen LogP contribution in [0.15, 0.2) is 36.5 Å². The molecule has 8 heteroatoms. The third-order valence-electron chi connectivity index (χ3n) is 7.02. The van der Waals surface area contributed by atoms with Gasteiger partial charge in [0.05, 0.1) is 5.69 Å². The SMILES string of the molecule is CC#CCn1nccc1C(=O)N[C@H](C(=O)Nc1ccc(-c2c(C)n[nH]c2C)cc1)C1CCC(C)CC1. The summed E-state index contributed by atoms with van der Waals surface area (Å²) in [6.07, 6.45) is 5.48. The van der Waals surface area contributed by atoms with Crippen LogP contribution < -0.4 is 10.6 Å². The first kappa shape index (κ1) is 25.2. The summed E-state index contributed by atoms with van der Waals surface area (Å²) in [5, 5.41) is 17.5. The van der Waals surface area contributed by atoms with E-state index in [-0.39, 0.29) is 17.7 Å². The van der Waals surface area contributed by atoms with E-state index in [0.717, 1.165) is 48.2 Å². The van der Waals surface area contributed by atoms with E-state index in [2.05, 4.69) is 44.7 Å². The van der Waals surface area contributed by atoms with Crippen molar-refractivity contribution in [1.29, 1.82) is 0 Å². The molecule has 1 fully saturated rings. The average molecular weight is 487 g/mol. The summed E-state index contributed by atoms with van der Waals surface area (Å²) in [4.78, 5) is 26.7. The summed E-state index contributed by atoms with van der Waals surface area (Å²) >= 11 is 0. The lowest BCUT2D eigenvalue weighted by Crippen LogP contribution is -2.49. The van der Waals surface area contributed by atoms with E-state index < -0.39 is 6.04 Å². The van der Waals surface area contributed by atoms with Gasteiger partial charge in [0, 0.05) is 23.1 Å². The zero-order valence-corrected chi connectivity index (χ0v) is 21.4. The third-order valence-corrected chi connectivity index (χ3v) is 7.02. The lowest BCUT2D eigenvalue weighted by molar-refractivity contribution is -0.119. The van der Waals surface area contributed by atoms with E-state index in [1.807, 2.05) is 38.1 Å². The molecule has 188 valence electrons. The molecule has 2 amide bonds. The van der Waals surface area contributed by atoms with Crippen LogP contribution in [0, 0.1) is 37.5 Å². The molecule has 0 radical (unpaired) electrons. The number of H-pyrrole nitrogens is 1. The monoisotopic (exact) mass is 486 g/mol. The second kappa shape index (κ2) is 11.3. The molecule has 2 heterocycles. The summed E-state index contributed by atoms with van der Waals surface area (Å²) in [6.45, 7) is 8.27. The third kappa shape index (κ3) is 5.68. The van der Waals surface area contributed by atoms with E-state index in [9.17, 15) is 9.59 Å². The number of benzene rings is 1. The van der Waals surface area contributed by atoms with Gasteiger partial charge in [0.25, 0.3) is 5.91 Å². The lowest BCUT2D eigenvalue weighted by Gasteiger charge is -2.32. The van der Waals surface area contributed by atoms with E-state index in [1.54, 1.807) is 23.9 Å². The summed E-state index contributed by atoms with van der Waals surface area (Å²) < 4.78 is 1.56. The number of nitrogens with zero attached hydrogens (tertiary/aromatic N) is 3. The summed E-state index contributed by atoms with van der Waals surface area (Å²) in [7, 11) is 0. The maximum absolute atomic E-state index is 13.5. The Balaban J connectivity index is 1.51. The normalized spacial score (nSPS) is 18.1. The second-order valence-electron chi connectivity index (χ2n) is 9.65. The van der Waals surface area contributed by atoms with Crippen LogP contribution >= 0.6 is 0 Å². The molecule has 3 N–H and O–H groups in total. The van der Waals surface area contributed by atoms with Gasteiger partial charge in [-0.15, -0.1) is 5.92 Å². The molecule has 1 atom stereocenters. The van der Waals surface area contributed by atoms with Gasteiger partial charge >= 0.3 is 0 Å². The number of nitrogens with one attached hydrogen (secondary N) is 3. The predicted molar refractivity (Wildman–Crippen MR) is 140 cm³/mol. The Hall–Kier alpha value is -3.86. The summed E-state index contributed by atoms with van der Waals surface area (Å²) in [5.74, 6) is 5.95. The number of rotatable bonds is 7. The van der Waals surface area contributed by atoms with Crippen LogP contribution in [0.3, 0.4) is 0 Å². The molecule has 4 rings (SSSR count). The first-order valence-electron chi connectivity index (χ1n) is 12.5. The average Bonchev–Trinajstić information content (AvgIpc) is 3.48. The van der Waals surface area contributed by atoms with Gasteiger partial charge in [-0.1, -0.05) is 37.8 Å². The standard InChI is InChI=1S/C28H34N6O2/c1-5-6-17-34-24(15-16-29-34)27(35)31-26(22-9-7-18(2)8-10-22)28(36)30-23-13-11-21(12-14-23)25-19(3)32-33-20(25)4/h11-16,18,22,26H,7-10,17H2,1-4H3,(H,30,36)(H,31,35)(H,32,33)/t18?,22?,26-/m0/s1. The number of aromatic nitrogens is 4. The molecule has 0 aliphatic heterocycles. The van der Waals surface area contributed by atoms with Crippen LogP contribution in [0.25, 0.3) is 11.1 Å². The molecule has 0 bridgehead atoms. The minimum atomic E-state index is -0.636. The molecule has 2 aromatic heterocycles. The molecular formula is C28H34N6O2. The van der Waals surface area contributed by atoms with Crippen molar-refractivity contribution in [1.82, 2.24) is 25.3 Å².